The lowest BCUT2D eigenvalue weighted by Crippen LogP contribution is -2.48. The van der Waals surface area contributed by atoms with Crippen molar-refractivity contribution in [3.8, 4) is 11.5 Å². The van der Waals surface area contributed by atoms with Gasteiger partial charge in [0, 0.05) is 50.3 Å². The summed E-state index contributed by atoms with van der Waals surface area (Å²) in [4.78, 5) is 23.2. The molecule has 11 heteroatoms. The first-order valence-electron chi connectivity index (χ1n) is 10.6. The molecule has 4 rings (SSSR count). The van der Waals surface area contributed by atoms with Gasteiger partial charge in [0.2, 0.25) is 10.0 Å². The van der Waals surface area contributed by atoms with E-state index in [1.807, 2.05) is 4.90 Å². The second-order valence-corrected chi connectivity index (χ2v) is 9.44. The maximum Gasteiger partial charge on any atom is 0.259 e. The van der Waals surface area contributed by atoms with Gasteiger partial charge in [-0.25, -0.2) is 13.4 Å². The molecule has 1 saturated heterocycles. The quantitative estimate of drug-likeness (QED) is 0.544. The average molecular weight is 484 g/mol. The van der Waals surface area contributed by atoms with E-state index in [0.717, 1.165) is 5.82 Å². The molecular formula is C23H25N5O5S. The molecule has 0 unspecified atom stereocenters. The van der Waals surface area contributed by atoms with Crippen LogP contribution in [-0.4, -0.2) is 69.0 Å². The molecule has 1 amide bonds. The molecular weight excluding hydrogens is 458 g/mol. The molecule has 1 N–H and O–H groups in total. The summed E-state index contributed by atoms with van der Waals surface area (Å²) < 4.78 is 38.1. The number of nitrogens with one attached hydrogen (secondary N) is 1. The van der Waals surface area contributed by atoms with Gasteiger partial charge in [-0.1, -0.05) is 0 Å². The van der Waals surface area contributed by atoms with Crippen LogP contribution >= 0.6 is 0 Å². The van der Waals surface area contributed by atoms with Crippen molar-refractivity contribution in [2.45, 2.75) is 4.90 Å². The third-order valence-electron chi connectivity index (χ3n) is 5.52. The number of ether oxygens (including phenoxy) is 2. The first-order chi connectivity index (χ1) is 16.4. The van der Waals surface area contributed by atoms with E-state index in [-0.39, 0.29) is 10.8 Å². The number of sulfonamides is 1. The fourth-order valence-electron chi connectivity index (χ4n) is 3.66. The Morgan fingerprint density at radius 1 is 0.971 bits per heavy atom. The number of methoxy groups -OCH3 is 2. The van der Waals surface area contributed by atoms with Gasteiger partial charge < -0.3 is 19.7 Å². The lowest BCUT2D eigenvalue weighted by atomic mass is 10.1. The average Bonchev–Trinajstić information content (AvgIpc) is 2.89. The van der Waals surface area contributed by atoms with Gasteiger partial charge in [0.1, 0.15) is 17.3 Å². The Morgan fingerprint density at radius 2 is 1.71 bits per heavy atom. The van der Waals surface area contributed by atoms with Crippen LogP contribution in [0.3, 0.4) is 0 Å². The van der Waals surface area contributed by atoms with E-state index >= 15 is 0 Å². The molecule has 1 aromatic heterocycles. The third kappa shape index (κ3) is 4.95. The van der Waals surface area contributed by atoms with Gasteiger partial charge in [-0.2, -0.15) is 4.31 Å². The van der Waals surface area contributed by atoms with E-state index < -0.39 is 10.0 Å². The number of aromatic nitrogens is 2. The minimum absolute atomic E-state index is 0.167. The van der Waals surface area contributed by atoms with Crippen molar-refractivity contribution in [2.24, 2.45) is 0 Å². The first kappa shape index (κ1) is 23.5. The molecule has 1 aliphatic heterocycles. The molecule has 0 bridgehead atoms. The SMILES string of the molecule is COc1ccc(C(=O)Nc2ccc(S(=O)(=O)N3CCN(c4cnccn4)CC3)cc2)c(OC)c1. The highest BCUT2D eigenvalue weighted by atomic mass is 32.2. The maximum absolute atomic E-state index is 13.1. The van der Waals surface area contributed by atoms with Gasteiger partial charge in [-0.3, -0.25) is 9.78 Å². The Kier molecular flexibility index (Phi) is 6.94. The smallest absolute Gasteiger partial charge is 0.259 e. The summed E-state index contributed by atoms with van der Waals surface area (Å²) in [5.74, 6) is 1.29. The summed E-state index contributed by atoms with van der Waals surface area (Å²) in [6.07, 6.45) is 4.88. The van der Waals surface area contributed by atoms with Gasteiger partial charge in [0.15, 0.2) is 0 Å². The van der Waals surface area contributed by atoms with Crippen LogP contribution in [0, 0.1) is 0 Å². The summed E-state index contributed by atoms with van der Waals surface area (Å²) in [5.41, 5.74) is 0.801. The zero-order chi connectivity index (χ0) is 24.1. The Morgan fingerprint density at radius 3 is 2.32 bits per heavy atom. The monoisotopic (exact) mass is 483 g/mol. The van der Waals surface area contributed by atoms with E-state index in [2.05, 4.69) is 15.3 Å². The Balaban J connectivity index is 1.41. The molecule has 0 aliphatic carbocycles. The van der Waals surface area contributed by atoms with Crippen LogP contribution in [-0.2, 0) is 10.0 Å². The highest BCUT2D eigenvalue weighted by Crippen LogP contribution is 2.26. The molecule has 0 spiro atoms. The first-order valence-corrected chi connectivity index (χ1v) is 12.0. The highest BCUT2D eigenvalue weighted by Gasteiger charge is 2.29. The molecule has 2 heterocycles. The zero-order valence-electron chi connectivity index (χ0n) is 18.8. The summed E-state index contributed by atoms with van der Waals surface area (Å²) in [5, 5.41) is 2.76. The number of hydrogen-bond acceptors (Lipinski definition) is 8. The lowest BCUT2D eigenvalue weighted by Gasteiger charge is -2.34. The summed E-state index contributed by atoms with van der Waals surface area (Å²) >= 11 is 0. The fourth-order valence-corrected chi connectivity index (χ4v) is 5.08. The number of carbonyl (C=O) groups excluding carboxylic acids is 1. The molecule has 0 radical (unpaired) electrons. The largest absolute Gasteiger partial charge is 0.497 e. The van der Waals surface area contributed by atoms with Gasteiger partial charge in [-0.05, 0) is 36.4 Å². The van der Waals surface area contributed by atoms with Crippen LogP contribution in [0.5, 0.6) is 11.5 Å². The fraction of sp³-hybridized carbons (Fsp3) is 0.261. The van der Waals surface area contributed by atoms with Crippen molar-refractivity contribution in [1.82, 2.24) is 14.3 Å². The predicted octanol–water partition coefficient (Wildman–Crippen LogP) is 2.26. The Hall–Kier alpha value is -3.70. The van der Waals surface area contributed by atoms with Crippen molar-refractivity contribution in [3.63, 3.8) is 0 Å². The van der Waals surface area contributed by atoms with Crippen molar-refractivity contribution < 1.29 is 22.7 Å². The van der Waals surface area contributed by atoms with E-state index in [0.29, 0.717) is 48.9 Å². The molecule has 1 fully saturated rings. The van der Waals surface area contributed by atoms with Gasteiger partial charge in [-0.15, -0.1) is 0 Å². The van der Waals surface area contributed by atoms with Crippen molar-refractivity contribution in [2.75, 3.05) is 50.6 Å². The van der Waals surface area contributed by atoms with Crippen LogP contribution < -0.4 is 19.7 Å². The second kappa shape index (κ2) is 10.1. The number of nitrogens with zero attached hydrogens (tertiary/aromatic N) is 4. The van der Waals surface area contributed by atoms with E-state index in [1.54, 1.807) is 48.9 Å². The molecule has 1 aliphatic rings. The summed E-state index contributed by atoms with van der Waals surface area (Å²) in [6, 6.07) is 11.0. The molecule has 0 saturated carbocycles. The lowest BCUT2D eigenvalue weighted by molar-refractivity contribution is 0.102. The number of piperazine rings is 1. The van der Waals surface area contributed by atoms with E-state index in [4.69, 9.17) is 9.47 Å². The van der Waals surface area contributed by atoms with Crippen LogP contribution in [0.1, 0.15) is 10.4 Å². The topological polar surface area (TPSA) is 114 Å². The number of carbonyl (C=O) groups is 1. The van der Waals surface area contributed by atoms with Crippen molar-refractivity contribution in [3.05, 3.63) is 66.6 Å². The molecule has 0 atom stereocenters. The van der Waals surface area contributed by atoms with E-state index in [1.165, 1.54) is 30.7 Å². The van der Waals surface area contributed by atoms with Crippen LogP contribution in [0.4, 0.5) is 11.5 Å². The van der Waals surface area contributed by atoms with Crippen molar-refractivity contribution in [1.29, 1.82) is 0 Å². The maximum atomic E-state index is 13.1. The standard InChI is InChI=1S/C23H25N5O5S/c1-32-18-5-8-20(21(15-18)33-2)23(29)26-17-3-6-19(7-4-17)34(30,31)28-13-11-27(12-14-28)22-16-24-9-10-25-22/h3-10,15-16H,11-14H2,1-2H3,(H,26,29). The summed E-state index contributed by atoms with van der Waals surface area (Å²) in [7, 11) is -0.659. The molecule has 178 valence electrons. The molecule has 3 aromatic rings. The minimum atomic E-state index is -3.66. The number of anilines is 2. The van der Waals surface area contributed by atoms with Gasteiger partial charge in [0.25, 0.3) is 5.91 Å². The van der Waals surface area contributed by atoms with Crippen LogP contribution in [0.15, 0.2) is 66.0 Å². The minimum Gasteiger partial charge on any atom is -0.497 e. The number of hydrogen-bond donors (Lipinski definition) is 1. The van der Waals surface area contributed by atoms with E-state index in [9.17, 15) is 13.2 Å². The Labute approximate surface area is 198 Å². The molecule has 34 heavy (non-hydrogen) atoms. The number of benzene rings is 2. The number of amides is 1. The number of rotatable bonds is 7. The molecule has 10 nitrogen and oxygen atoms in total. The second-order valence-electron chi connectivity index (χ2n) is 7.50. The van der Waals surface area contributed by atoms with Crippen molar-refractivity contribution >= 4 is 27.4 Å². The van der Waals surface area contributed by atoms with Crippen LogP contribution in [0.2, 0.25) is 0 Å². The van der Waals surface area contributed by atoms with Crippen LogP contribution in [0.25, 0.3) is 0 Å². The van der Waals surface area contributed by atoms with Gasteiger partial charge in [0.05, 0.1) is 30.9 Å². The molecule has 2 aromatic carbocycles. The van der Waals surface area contributed by atoms with Gasteiger partial charge >= 0.3 is 0 Å². The Bertz CT molecular complexity index is 1240. The highest BCUT2D eigenvalue weighted by molar-refractivity contribution is 7.89. The normalized spacial score (nSPS) is 14.5. The predicted molar refractivity (Wildman–Crippen MR) is 127 cm³/mol. The summed E-state index contributed by atoms with van der Waals surface area (Å²) in [6.45, 7) is 1.73. The third-order valence-corrected chi connectivity index (χ3v) is 7.43. The zero-order valence-corrected chi connectivity index (χ0v) is 19.7.